The summed E-state index contributed by atoms with van der Waals surface area (Å²) in [5, 5.41) is 4.23. The van der Waals surface area contributed by atoms with Crippen LogP contribution in [0, 0.1) is 0 Å². The Bertz CT molecular complexity index is 1020. The molecule has 0 saturated heterocycles. The van der Waals surface area contributed by atoms with Gasteiger partial charge in [-0.15, -0.1) is 0 Å². The van der Waals surface area contributed by atoms with Crippen LogP contribution in [0.25, 0.3) is 10.9 Å². The van der Waals surface area contributed by atoms with E-state index in [4.69, 9.17) is 10.5 Å². The van der Waals surface area contributed by atoms with Crippen LogP contribution in [0.3, 0.4) is 0 Å². The third-order valence-electron chi connectivity index (χ3n) is 4.81. The highest BCUT2D eigenvalue weighted by molar-refractivity contribution is 7.90. The summed E-state index contributed by atoms with van der Waals surface area (Å²) >= 11 is -0.843. The van der Waals surface area contributed by atoms with Gasteiger partial charge >= 0.3 is 0 Å². The number of Topliss-reactive ketones (excluding diaryl/α,β-unsaturated/α-hetero) is 1. The van der Waals surface area contributed by atoms with Crippen molar-refractivity contribution in [1.82, 2.24) is 4.98 Å². The van der Waals surface area contributed by atoms with Crippen molar-refractivity contribution >= 4 is 39.2 Å². The number of nitrogens with zero attached hydrogens (tertiary/aromatic N) is 1. The van der Waals surface area contributed by atoms with Gasteiger partial charge in [0, 0.05) is 36.7 Å². The average molecular weight is 426 g/mol. The first-order valence-corrected chi connectivity index (χ1v) is 11.7. The van der Waals surface area contributed by atoms with Crippen LogP contribution < -0.4 is 15.8 Å². The molecule has 1 unspecified atom stereocenters. The highest BCUT2D eigenvalue weighted by atomic mass is 32.2. The second-order valence-electron chi connectivity index (χ2n) is 6.94. The average Bonchev–Trinajstić information content (AvgIpc) is 2.76. The minimum absolute atomic E-state index is 0.00822. The molecule has 0 aliphatic rings. The Morgan fingerprint density at radius 2 is 2.03 bits per heavy atom. The molecule has 3 aromatic rings. The van der Waals surface area contributed by atoms with E-state index >= 15 is 0 Å². The van der Waals surface area contributed by atoms with Crippen molar-refractivity contribution < 1.29 is 14.1 Å². The fourth-order valence-electron chi connectivity index (χ4n) is 3.25. The van der Waals surface area contributed by atoms with Crippen LogP contribution in [-0.4, -0.2) is 33.9 Å². The lowest BCUT2D eigenvalue weighted by Gasteiger charge is -2.17. The molecule has 1 aromatic heterocycles. The van der Waals surface area contributed by atoms with E-state index < -0.39 is 11.2 Å². The van der Waals surface area contributed by atoms with Crippen molar-refractivity contribution in [1.29, 1.82) is 0 Å². The molecule has 1 heterocycles. The normalized spacial score (nSPS) is 12.0. The number of carbonyl (C=O) groups excluding carboxylic acids is 1. The molecular formula is C23H27N3O3S. The minimum Gasteiger partial charge on any atom is -0.617 e. The molecule has 30 heavy (non-hydrogen) atoms. The van der Waals surface area contributed by atoms with Crippen LogP contribution in [0.2, 0.25) is 0 Å². The fourth-order valence-corrected chi connectivity index (χ4v) is 3.77. The zero-order valence-electron chi connectivity index (χ0n) is 17.3. The summed E-state index contributed by atoms with van der Waals surface area (Å²) in [5.74, 6) is 1.24. The van der Waals surface area contributed by atoms with Crippen LogP contribution in [0.15, 0.2) is 48.7 Å². The van der Waals surface area contributed by atoms with Crippen molar-refractivity contribution in [3.8, 4) is 5.75 Å². The van der Waals surface area contributed by atoms with Gasteiger partial charge in [-0.2, -0.15) is 0 Å². The number of ether oxygens (including phenoxy) is 1. The number of para-hydroxylation sites is 2. The molecule has 0 saturated carbocycles. The summed E-state index contributed by atoms with van der Waals surface area (Å²) < 4.78 is 17.2. The first kappa shape index (κ1) is 22.1. The maximum absolute atomic E-state index is 12.6. The summed E-state index contributed by atoms with van der Waals surface area (Å²) in [7, 11) is 0. The van der Waals surface area contributed by atoms with Crippen molar-refractivity contribution in [3.05, 3.63) is 59.8 Å². The highest BCUT2D eigenvalue weighted by Crippen LogP contribution is 2.35. The van der Waals surface area contributed by atoms with Crippen molar-refractivity contribution in [2.75, 3.05) is 23.9 Å². The maximum Gasteiger partial charge on any atom is 0.166 e. The SMILES string of the molecule is CCC(=O)c1cnc2c(OCCC[S+](C)[O-])cccc2c1Nc1ccccc1CN. The van der Waals surface area contributed by atoms with Gasteiger partial charge in [0.2, 0.25) is 0 Å². The summed E-state index contributed by atoms with van der Waals surface area (Å²) in [6, 6.07) is 13.4. The second kappa shape index (κ2) is 10.4. The lowest BCUT2D eigenvalue weighted by atomic mass is 10.0. The third-order valence-corrected chi connectivity index (χ3v) is 5.68. The van der Waals surface area contributed by atoms with Crippen LogP contribution in [-0.2, 0) is 17.7 Å². The summed E-state index contributed by atoms with van der Waals surface area (Å²) in [5.41, 5.74) is 9.62. The number of fused-ring (bicyclic) bond motifs is 1. The van der Waals surface area contributed by atoms with E-state index in [1.807, 2.05) is 49.4 Å². The zero-order valence-corrected chi connectivity index (χ0v) is 18.1. The monoisotopic (exact) mass is 425 g/mol. The van der Waals surface area contributed by atoms with Crippen molar-refractivity contribution in [2.45, 2.75) is 26.3 Å². The number of nitrogens with one attached hydrogen (secondary N) is 1. The van der Waals surface area contributed by atoms with Gasteiger partial charge in [-0.05, 0) is 17.7 Å². The summed E-state index contributed by atoms with van der Waals surface area (Å²) in [6.45, 7) is 2.67. The fraction of sp³-hybridized carbons (Fsp3) is 0.304. The van der Waals surface area contributed by atoms with Crippen molar-refractivity contribution in [2.24, 2.45) is 5.73 Å². The molecule has 3 rings (SSSR count). The van der Waals surface area contributed by atoms with E-state index in [0.29, 0.717) is 54.3 Å². The van der Waals surface area contributed by atoms with Crippen LogP contribution >= 0.6 is 0 Å². The predicted molar refractivity (Wildman–Crippen MR) is 123 cm³/mol. The Hall–Kier alpha value is -2.61. The molecule has 7 heteroatoms. The van der Waals surface area contributed by atoms with E-state index in [2.05, 4.69) is 10.3 Å². The number of aromatic nitrogens is 1. The van der Waals surface area contributed by atoms with E-state index in [0.717, 1.165) is 16.6 Å². The van der Waals surface area contributed by atoms with Gasteiger partial charge in [-0.25, -0.2) is 0 Å². The van der Waals surface area contributed by atoms with Crippen LogP contribution in [0.5, 0.6) is 5.75 Å². The van der Waals surface area contributed by atoms with Crippen LogP contribution in [0.1, 0.15) is 35.7 Å². The molecular weight excluding hydrogens is 398 g/mol. The van der Waals surface area contributed by atoms with E-state index in [9.17, 15) is 9.35 Å². The smallest absolute Gasteiger partial charge is 0.166 e. The van der Waals surface area contributed by atoms with E-state index in [1.165, 1.54) is 0 Å². The molecule has 0 fully saturated rings. The van der Waals surface area contributed by atoms with Gasteiger partial charge in [0.15, 0.2) is 5.78 Å². The van der Waals surface area contributed by atoms with Crippen LogP contribution in [0.4, 0.5) is 11.4 Å². The lowest BCUT2D eigenvalue weighted by molar-refractivity contribution is 0.0988. The number of hydrogen-bond donors (Lipinski definition) is 2. The molecule has 6 nitrogen and oxygen atoms in total. The highest BCUT2D eigenvalue weighted by Gasteiger charge is 2.17. The number of pyridine rings is 1. The molecule has 0 amide bonds. The third kappa shape index (κ3) is 5.11. The first-order chi connectivity index (χ1) is 14.5. The molecule has 0 spiro atoms. The minimum atomic E-state index is -0.843. The topological polar surface area (TPSA) is 100 Å². The Balaban J connectivity index is 2.03. The Morgan fingerprint density at radius 3 is 2.77 bits per heavy atom. The second-order valence-corrected chi connectivity index (χ2v) is 8.50. The number of ketones is 1. The largest absolute Gasteiger partial charge is 0.617 e. The quantitative estimate of drug-likeness (QED) is 0.287. The number of anilines is 2. The molecule has 1 atom stereocenters. The molecule has 0 radical (unpaired) electrons. The molecule has 158 valence electrons. The standard InChI is InChI=1S/C23H27N3O3S/c1-3-20(27)18-15-25-23-17(9-6-11-21(23)29-12-7-13-30(2)28)22(18)26-19-10-5-4-8-16(19)14-24/h4-6,8-11,15H,3,7,12-14,24H2,1-2H3,(H,25,26). The summed E-state index contributed by atoms with van der Waals surface area (Å²) in [6.07, 6.45) is 4.37. The van der Waals surface area contributed by atoms with E-state index in [-0.39, 0.29) is 5.78 Å². The van der Waals surface area contributed by atoms with Gasteiger partial charge in [0.1, 0.15) is 17.0 Å². The van der Waals surface area contributed by atoms with Crippen molar-refractivity contribution in [3.63, 3.8) is 0 Å². The summed E-state index contributed by atoms with van der Waals surface area (Å²) in [4.78, 5) is 17.2. The number of hydrogen-bond acceptors (Lipinski definition) is 6. The number of rotatable bonds is 10. The number of carbonyl (C=O) groups is 1. The first-order valence-electron chi connectivity index (χ1n) is 9.97. The molecule has 3 N–H and O–H groups in total. The van der Waals surface area contributed by atoms with Gasteiger partial charge in [-0.3, -0.25) is 9.78 Å². The lowest BCUT2D eigenvalue weighted by Crippen LogP contribution is -2.09. The van der Waals surface area contributed by atoms with E-state index in [1.54, 1.807) is 12.5 Å². The zero-order chi connectivity index (χ0) is 21.5. The number of nitrogens with two attached hydrogens (primary N) is 1. The van der Waals surface area contributed by atoms with Gasteiger partial charge in [0.05, 0.1) is 24.1 Å². The predicted octanol–water partition coefficient (Wildman–Crippen LogP) is 4.18. The molecule has 2 aromatic carbocycles. The Morgan fingerprint density at radius 1 is 1.23 bits per heavy atom. The van der Waals surface area contributed by atoms with Gasteiger partial charge in [-0.1, -0.05) is 48.4 Å². The number of benzene rings is 2. The Kier molecular flexibility index (Phi) is 7.68. The van der Waals surface area contributed by atoms with Gasteiger partial charge < -0.3 is 20.3 Å². The van der Waals surface area contributed by atoms with Gasteiger partial charge in [0.25, 0.3) is 0 Å². The molecule has 0 bridgehead atoms. The molecule has 0 aliphatic carbocycles. The molecule has 0 aliphatic heterocycles. The Labute approximate surface area is 180 Å². The maximum atomic E-state index is 12.6.